The first-order valence-electron chi connectivity index (χ1n) is 7.51. The SMILES string of the molecule is CC(=O)Nc1nc(C2CCCN2Cc2ncccc2C)cs1. The maximum absolute atomic E-state index is 11.1. The maximum atomic E-state index is 11.1. The Morgan fingerprint density at radius 1 is 1.55 bits per heavy atom. The number of pyridine rings is 1. The number of likely N-dealkylation sites (tertiary alicyclic amines) is 1. The molecule has 6 heteroatoms. The van der Waals surface area contributed by atoms with Crippen LogP contribution in [0.2, 0.25) is 0 Å². The number of thiazole rings is 1. The third-order valence-corrected chi connectivity index (χ3v) is 4.76. The third-order valence-electron chi connectivity index (χ3n) is 3.98. The van der Waals surface area contributed by atoms with Crippen molar-refractivity contribution in [2.45, 2.75) is 39.3 Å². The minimum Gasteiger partial charge on any atom is -0.302 e. The first-order valence-corrected chi connectivity index (χ1v) is 8.39. The molecule has 0 bridgehead atoms. The lowest BCUT2D eigenvalue weighted by Crippen LogP contribution is -2.24. The Labute approximate surface area is 134 Å². The zero-order chi connectivity index (χ0) is 15.5. The number of carbonyl (C=O) groups is 1. The number of nitrogens with one attached hydrogen (secondary N) is 1. The van der Waals surface area contributed by atoms with E-state index < -0.39 is 0 Å². The molecule has 1 saturated heterocycles. The van der Waals surface area contributed by atoms with Crippen LogP contribution in [0.1, 0.15) is 42.8 Å². The molecule has 116 valence electrons. The number of nitrogens with zero attached hydrogens (tertiary/aromatic N) is 3. The van der Waals surface area contributed by atoms with Gasteiger partial charge in [0.1, 0.15) is 0 Å². The van der Waals surface area contributed by atoms with Crippen LogP contribution in [0, 0.1) is 6.92 Å². The molecule has 1 N–H and O–H groups in total. The molecule has 0 aromatic carbocycles. The van der Waals surface area contributed by atoms with Gasteiger partial charge in [-0.3, -0.25) is 14.7 Å². The summed E-state index contributed by atoms with van der Waals surface area (Å²) in [5, 5.41) is 5.50. The van der Waals surface area contributed by atoms with Gasteiger partial charge in [0, 0.05) is 25.0 Å². The van der Waals surface area contributed by atoms with E-state index in [4.69, 9.17) is 0 Å². The first-order chi connectivity index (χ1) is 10.6. The Hall–Kier alpha value is -1.79. The quantitative estimate of drug-likeness (QED) is 0.941. The number of aromatic nitrogens is 2. The van der Waals surface area contributed by atoms with Gasteiger partial charge in [-0.2, -0.15) is 0 Å². The van der Waals surface area contributed by atoms with E-state index in [1.165, 1.54) is 30.2 Å². The van der Waals surface area contributed by atoms with Crippen LogP contribution in [0.3, 0.4) is 0 Å². The monoisotopic (exact) mass is 316 g/mol. The summed E-state index contributed by atoms with van der Waals surface area (Å²) in [5.41, 5.74) is 3.41. The molecule has 1 amide bonds. The normalized spacial score (nSPS) is 18.5. The number of aryl methyl sites for hydroxylation is 1. The average molecular weight is 316 g/mol. The summed E-state index contributed by atoms with van der Waals surface area (Å²) in [6.07, 6.45) is 4.13. The molecule has 1 unspecified atom stereocenters. The van der Waals surface area contributed by atoms with Gasteiger partial charge in [-0.1, -0.05) is 6.07 Å². The van der Waals surface area contributed by atoms with Gasteiger partial charge in [0.15, 0.2) is 5.13 Å². The Balaban J connectivity index is 1.74. The number of carbonyl (C=O) groups excluding carboxylic acids is 1. The summed E-state index contributed by atoms with van der Waals surface area (Å²) in [5.74, 6) is -0.0757. The summed E-state index contributed by atoms with van der Waals surface area (Å²) >= 11 is 1.49. The second-order valence-corrected chi connectivity index (χ2v) is 6.51. The largest absolute Gasteiger partial charge is 0.302 e. The van der Waals surface area contributed by atoms with Crippen LogP contribution in [-0.2, 0) is 11.3 Å². The lowest BCUT2D eigenvalue weighted by atomic mass is 10.1. The van der Waals surface area contributed by atoms with Crippen LogP contribution >= 0.6 is 11.3 Å². The molecule has 3 heterocycles. The van der Waals surface area contributed by atoms with Crippen LogP contribution in [0.4, 0.5) is 5.13 Å². The van der Waals surface area contributed by atoms with Crippen molar-refractivity contribution in [2.24, 2.45) is 0 Å². The fourth-order valence-corrected chi connectivity index (χ4v) is 3.68. The van der Waals surface area contributed by atoms with Gasteiger partial charge in [-0.25, -0.2) is 4.98 Å². The van der Waals surface area contributed by atoms with Crippen molar-refractivity contribution in [3.8, 4) is 0 Å². The number of hydrogen-bond donors (Lipinski definition) is 1. The van der Waals surface area contributed by atoms with Crippen molar-refractivity contribution in [1.82, 2.24) is 14.9 Å². The Kier molecular flexibility index (Phi) is 4.49. The fourth-order valence-electron chi connectivity index (χ4n) is 2.87. The zero-order valence-corrected chi connectivity index (χ0v) is 13.7. The van der Waals surface area contributed by atoms with E-state index in [2.05, 4.69) is 38.6 Å². The average Bonchev–Trinajstić information content (AvgIpc) is 3.09. The molecule has 3 rings (SSSR count). The van der Waals surface area contributed by atoms with Crippen LogP contribution in [0.15, 0.2) is 23.7 Å². The number of rotatable bonds is 4. The van der Waals surface area contributed by atoms with Crippen LogP contribution in [-0.4, -0.2) is 27.3 Å². The lowest BCUT2D eigenvalue weighted by Gasteiger charge is -2.23. The fraction of sp³-hybridized carbons (Fsp3) is 0.438. The smallest absolute Gasteiger partial charge is 0.223 e. The van der Waals surface area contributed by atoms with E-state index in [9.17, 15) is 4.79 Å². The maximum Gasteiger partial charge on any atom is 0.223 e. The Morgan fingerprint density at radius 2 is 2.41 bits per heavy atom. The minimum atomic E-state index is -0.0757. The summed E-state index contributed by atoms with van der Waals surface area (Å²) in [6.45, 7) is 5.52. The van der Waals surface area contributed by atoms with E-state index in [0.29, 0.717) is 11.2 Å². The third kappa shape index (κ3) is 3.34. The predicted octanol–water partition coefficient (Wildman–Crippen LogP) is 3.14. The van der Waals surface area contributed by atoms with Gasteiger partial charge in [0.25, 0.3) is 0 Å². The standard InChI is InChI=1S/C16H20N4OS/c1-11-5-3-7-17-13(11)9-20-8-4-6-15(20)14-10-22-16(19-14)18-12(2)21/h3,5,7,10,15H,4,6,8-9H2,1-2H3,(H,18,19,21). The topological polar surface area (TPSA) is 58.1 Å². The molecule has 1 aliphatic rings. The number of hydrogen-bond acceptors (Lipinski definition) is 5. The van der Waals surface area contributed by atoms with E-state index in [0.717, 1.165) is 30.9 Å². The lowest BCUT2D eigenvalue weighted by molar-refractivity contribution is -0.114. The molecule has 0 aliphatic carbocycles. The Morgan fingerprint density at radius 3 is 3.18 bits per heavy atom. The molecular weight excluding hydrogens is 296 g/mol. The van der Waals surface area contributed by atoms with Crippen molar-refractivity contribution < 1.29 is 4.79 Å². The van der Waals surface area contributed by atoms with E-state index in [1.54, 1.807) is 0 Å². The molecule has 2 aromatic heterocycles. The van der Waals surface area contributed by atoms with Crippen LogP contribution < -0.4 is 5.32 Å². The summed E-state index contributed by atoms with van der Waals surface area (Å²) < 4.78 is 0. The summed E-state index contributed by atoms with van der Waals surface area (Å²) in [4.78, 5) is 22.6. The van der Waals surface area contributed by atoms with Crippen molar-refractivity contribution in [3.05, 3.63) is 40.7 Å². The van der Waals surface area contributed by atoms with Gasteiger partial charge >= 0.3 is 0 Å². The van der Waals surface area contributed by atoms with E-state index in [-0.39, 0.29) is 5.91 Å². The van der Waals surface area contributed by atoms with E-state index >= 15 is 0 Å². The highest BCUT2D eigenvalue weighted by Crippen LogP contribution is 2.34. The minimum absolute atomic E-state index is 0.0757. The number of anilines is 1. The first kappa shape index (κ1) is 15.1. The predicted molar refractivity (Wildman–Crippen MR) is 87.8 cm³/mol. The van der Waals surface area contributed by atoms with Gasteiger partial charge in [0.05, 0.1) is 17.4 Å². The highest BCUT2D eigenvalue weighted by atomic mass is 32.1. The second-order valence-electron chi connectivity index (χ2n) is 5.65. The molecule has 22 heavy (non-hydrogen) atoms. The molecule has 2 aromatic rings. The molecule has 1 atom stereocenters. The van der Waals surface area contributed by atoms with Gasteiger partial charge in [-0.15, -0.1) is 11.3 Å². The molecule has 0 radical (unpaired) electrons. The van der Waals surface area contributed by atoms with Gasteiger partial charge in [0.2, 0.25) is 5.91 Å². The zero-order valence-electron chi connectivity index (χ0n) is 12.9. The summed E-state index contributed by atoms with van der Waals surface area (Å²) in [6, 6.07) is 4.39. The van der Waals surface area contributed by atoms with Gasteiger partial charge < -0.3 is 5.32 Å². The van der Waals surface area contributed by atoms with Gasteiger partial charge in [-0.05, 0) is 37.9 Å². The van der Waals surface area contributed by atoms with Crippen molar-refractivity contribution in [3.63, 3.8) is 0 Å². The highest BCUT2D eigenvalue weighted by Gasteiger charge is 2.28. The van der Waals surface area contributed by atoms with Crippen molar-refractivity contribution >= 4 is 22.4 Å². The molecular formula is C16H20N4OS. The van der Waals surface area contributed by atoms with Crippen LogP contribution in [0.25, 0.3) is 0 Å². The summed E-state index contributed by atoms with van der Waals surface area (Å²) in [7, 11) is 0. The highest BCUT2D eigenvalue weighted by molar-refractivity contribution is 7.13. The molecule has 1 aliphatic heterocycles. The van der Waals surface area contributed by atoms with Crippen molar-refractivity contribution in [1.29, 1.82) is 0 Å². The Bertz CT molecular complexity index is 670. The number of amides is 1. The molecule has 0 saturated carbocycles. The molecule has 0 spiro atoms. The van der Waals surface area contributed by atoms with E-state index in [1.807, 2.05) is 12.3 Å². The van der Waals surface area contributed by atoms with Crippen LogP contribution in [0.5, 0.6) is 0 Å². The van der Waals surface area contributed by atoms with Crippen molar-refractivity contribution in [2.75, 3.05) is 11.9 Å². The molecule has 1 fully saturated rings. The molecule has 5 nitrogen and oxygen atoms in total. The second kappa shape index (κ2) is 6.54.